The fourth-order valence-corrected chi connectivity index (χ4v) is 2.78. The van der Waals surface area contributed by atoms with E-state index >= 15 is 0 Å². The van der Waals surface area contributed by atoms with E-state index in [-0.39, 0.29) is 0 Å². The quantitative estimate of drug-likeness (QED) is 0.744. The molecule has 0 aromatic carbocycles. The maximum Gasteiger partial charge on any atom is 0.147 e. The van der Waals surface area contributed by atoms with Crippen molar-refractivity contribution in [2.45, 2.75) is 46.6 Å². The molecule has 0 saturated heterocycles. The molecule has 0 aliphatic heterocycles. The summed E-state index contributed by atoms with van der Waals surface area (Å²) in [6.45, 7) is 10.6. The van der Waals surface area contributed by atoms with Crippen molar-refractivity contribution in [2.75, 3.05) is 24.5 Å². The number of pyridine rings is 1. The normalized spacial score (nSPS) is 14.7. The fraction of sp³-hybridized carbons (Fsp3) is 0.706. The van der Waals surface area contributed by atoms with Gasteiger partial charge in [0, 0.05) is 25.8 Å². The average molecular weight is 310 g/mol. The molecule has 21 heavy (non-hydrogen) atoms. The highest BCUT2D eigenvalue weighted by atomic mass is 35.5. The minimum atomic E-state index is 0.659. The standard InChI is InChI=1S/C17H28ClN3/c1-4-7-21(12-14-5-6-14)17-16(18)8-15(11-20-17)10-19-9-13(2)3/h8,11,13-14,19H,4-7,9-10,12H2,1-3H3. The molecule has 0 bridgehead atoms. The summed E-state index contributed by atoms with van der Waals surface area (Å²) < 4.78 is 0. The number of halogens is 1. The molecule has 3 nitrogen and oxygen atoms in total. The Morgan fingerprint density at radius 1 is 1.43 bits per heavy atom. The van der Waals surface area contributed by atoms with Gasteiger partial charge in [0.05, 0.1) is 5.02 Å². The van der Waals surface area contributed by atoms with Crippen LogP contribution in [0.3, 0.4) is 0 Å². The van der Waals surface area contributed by atoms with Crippen LogP contribution in [0, 0.1) is 11.8 Å². The third kappa shape index (κ3) is 5.48. The first-order valence-electron chi connectivity index (χ1n) is 8.20. The van der Waals surface area contributed by atoms with E-state index in [1.54, 1.807) is 0 Å². The Balaban J connectivity index is 1.98. The molecule has 1 aromatic rings. The smallest absolute Gasteiger partial charge is 0.147 e. The van der Waals surface area contributed by atoms with Gasteiger partial charge in [-0.15, -0.1) is 0 Å². The van der Waals surface area contributed by atoms with E-state index in [0.29, 0.717) is 5.92 Å². The molecule has 1 aliphatic rings. The second kappa shape index (κ2) is 8.00. The van der Waals surface area contributed by atoms with Gasteiger partial charge in [0.15, 0.2) is 0 Å². The van der Waals surface area contributed by atoms with E-state index in [2.05, 4.69) is 42.0 Å². The molecule has 0 amide bonds. The summed E-state index contributed by atoms with van der Waals surface area (Å²) in [6, 6.07) is 2.06. The highest BCUT2D eigenvalue weighted by Gasteiger charge is 2.25. The molecule has 0 atom stereocenters. The lowest BCUT2D eigenvalue weighted by Gasteiger charge is -2.24. The van der Waals surface area contributed by atoms with Gasteiger partial charge in [-0.1, -0.05) is 32.4 Å². The number of aromatic nitrogens is 1. The van der Waals surface area contributed by atoms with Crippen molar-refractivity contribution in [2.24, 2.45) is 11.8 Å². The Kier molecular flexibility index (Phi) is 6.31. The van der Waals surface area contributed by atoms with E-state index < -0.39 is 0 Å². The molecule has 0 radical (unpaired) electrons. The van der Waals surface area contributed by atoms with Crippen LogP contribution in [-0.4, -0.2) is 24.6 Å². The molecule has 0 spiro atoms. The molecular weight excluding hydrogens is 282 g/mol. The van der Waals surface area contributed by atoms with Crippen molar-refractivity contribution < 1.29 is 0 Å². The molecule has 1 N–H and O–H groups in total. The van der Waals surface area contributed by atoms with Crippen molar-refractivity contribution >= 4 is 17.4 Å². The number of nitrogens with one attached hydrogen (secondary N) is 1. The van der Waals surface area contributed by atoms with Crippen LogP contribution in [0.4, 0.5) is 5.82 Å². The first kappa shape index (κ1) is 16.6. The molecule has 1 heterocycles. The van der Waals surface area contributed by atoms with Gasteiger partial charge in [-0.3, -0.25) is 0 Å². The largest absolute Gasteiger partial charge is 0.355 e. The zero-order valence-corrected chi connectivity index (χ0v) is 14.3. The predicted octanol–water partition coefficient (Wildman–Crippen LogP) is 4.11. The van der Waals surface area contributed by atoms with Crippen LogP contribution in [0.1, 0.15) is 45.6 Å². The van der Waals surface area contributed by atoms with Crippen molar-refractivity contribution in [3.63, 3.8) is 0 Å². The number of hydrogen-bond donors (Lipinski definition) is 1. The highest BCUT2D eigenvalue weighted by molar-refractivity contribution is 6.33. The van der Waals surface area contributed by atoms with Crippen LogP contribution >= 0.6 is 11.6 Å². The summed E-state index contributed by atoms with van der Waals surface area (Å²) in [5, 5.41) is 4.22. The first-order valence-corrected chi connectivity index (χ1v) is 8.58. The summed E-state index contributed by atoms with van der Waals surface area (Å²) in [4.78, 5) is 6.98. The van der Waals surface area contributed by atoms with Gasteiger partial charge in [0.2, 0.25) is 0 Å². The molecular formula is C17H28ClN3. The van der Waals surface area contributed by atoms with E-state index in [0.717, 1.165) is 54.9 Å². The Morgan fingerprint density at radius 3 is 2.76 bits per heavy atom. The Labute approximate surface area is 134 Å². The van der Waals surface area contributed by atoms with Gasteiger partial charge in [-0.2, -0.15) is 0 Å². The highest BCUT2D eigenvalue weighted by Crippen LogP contribution is 2.33. The predicted molar refractivity (Wildman–Crippen MR) is 91.0 cm³/mol. The lowest BCUT2D eigenvalue weighted by Crippen LogP contribution is -2.28. The lowest BCUT2D eigenvalue weighted by atomic mass is 10.2. The summed E-state index contributed by atoms with van der Waals surface area (Å²) in [7, 11) is 0. The van der Waals surface area contributed by atoms with E-state index in [4.69, 9.17) is 11.6 Å². The topological polar surface area (TPSA) is 28.2 Å². The van der Waals surface area contributed by atoms with Crippen molar-refractivity contribution in [1.82, 2.24) is 10.3 Å². The molecule has 1 fully saturated rings. The van der Waals surface area contributed by atoms with Crippen LogP contribution in [0.2, 0.25) is 5.02 Å². The maximum absolute atomic E-state index is 6.47. The molecule has 1 aromatic heterocycles. The third-order valence-corrected chi connectivity index (χ3v) is 4.01. The van der Waals surface area contributed by atoms with Gasteiger partial charge in [-0.05, 0) is 49.3 Å². The molecule has 2 rings (SSSR count). The van der Waals surface area contributed by atoms with Crippen LogP contribution < -0.4 is 10.2 Å². The number of anilines is 1. The number of hydrogen-bond acceptors (Lipinski definition) is 3. The second-order valence-corrected chi connectivity index (χ2v) is 6.97. The summed E-state index contributed by atoms with van der Waals surface area (Å²) in [5.41, 5.74) is 1.16. The SMILES string of the molecule is CCCN(CC1CC1)c1ncc(CNCC(C)C)cc1Cl. The Hall–Kier alpha value is -0.800. The van der Waals surface area contributed by atoms with Crippen molar-refractivity contribution in [3.05, 3.63) is 22.8 Å². The molecule has 1 saturated carbocycles. The second-order valence-electron chi connectivity index (χ2n) is 6.56. The summed E-state index contributed by atoms with van der Waals surface area (Å²) in [6.07, 6.45) is 5.80. The van der Waals surface area contributed by atoms with E-state index in [9.17, 15) is 0 Å². The Morgan fingerprint density at radius 2 is 2.19 bits per heavy atom. The monoisotopic (exact) mass is 309 g/mol. The molecule has 0 unspecified atom stereocenters. The van der Waals surface area contributed by atoms with Gasteiger partial charge >= 0.3 is 0 Å². The van der Waals surface area contributed by atoms with E-state index in [1.165, 1.54) is 12.8 Å². The maximum atomic E-state index is 6.47. The van der Waals surface area contributed by atoms with Crippen LogP contribution in [0.25, 0.3) is 0 Å². The van der Waals surface area contributed by atoms with Crippen molar-refractivity contribution in [1.29, 1.82) is 0 Å². The Bertz CT molecular complexity index is 444. The summed E-state index contributed by atoms with van der Waals surface area (Å²) >= 11 is 6.47. The zero-order valence-electron chi connectivity index (χ0n) is 13.5. The minimum Gasteiger partial charge on any atom is -0.355 e. The van der Waals surface area contributed by atoms with Gasteiger partial charge in [-0.25, -0.2) is 4.98 Å². The molecule has 1 aliphatic carbocycles. The fourth-order valence-electron chi connectivity index (χ4n) is 2.47. The van der Waals surface area contributed by atoms with Gasteiger partial charge < -0.3 is 10.2 Å². The van der Waals surface area contributed by atoms with Crippen molar-refractivity contribution in [3.8, 4) is 0 Å². The van der Waals surface area contributed by atoms with E-state index in [1.807, 2.05) is 6.20 Å². The lowest BCUT2D eigenvalue weighted by molar-refractivity contribution is 0.552. The van der Waals surface area contributed by atoms with Gasteiger partial charge in [0.25, 0.3) is 0 Å². The number of nitrogens with zero attached hydrogens (tertiary/aromatic N) is 2. The average Bonchev–Trinajstić information content (AvgIpc) is 3.22. The molecule has 4 heteroatoms. The number of rotatable bonds is 9. The van der Waals surface area contributed by atoms with Gasteiger partial charge in [0.1, 0.15) is 5.82 Å². The zero-order chi connectivity index (χ0) is 15.2. The third-order valence-electron chi connectivity index (χ3n) is 3.73. The molecule has 118 valence electrons. The van der Waals surface area contributed by atoms with Crippen LogP contribution in [0.5, 0.6) is 0 Å². The first-order chi connectivity index (χ1) is 10.1. The van der Waals surface area contributed by atoms with Crippen LogP contribution in [-0.2, 0) is 6.54 Å². The van der Waals surface area contributed by atoms with Crippen LogP contribution in [0.15, 0.2) is 12.3 Å². The summed E-state index contributed by atoms with van der Waals surface area (Å²) in [5.74, 6) is 2.46. The minimum absolute atomic E-state index is 0.659.